The lowest BCUT2D eigenvalue weighted by molar-refractivity contribution is 0.0875. The molecule has 28 heavy (non-hydrogen) atoms. The van der Waals surface area contributed by atoms with Gasteiger partial charge in [0, 0.05) is 30.1 Å². The average molecular weight is 400 g/mol. The molecule has 6 heteroatoms. The van der Waals surface area contributed by atoms with Crippen molar-refractivity contribution >= 4 is 21.6 Å². The second-order valence-electron chi connectivity index (χ2n) is 7.42. The number of carbonyl (C=O) groups is 2. The zero-order valence-corrected chi connectivity index (χ0v) is 17.3. The van der Waals surface area contributed by atoms with Crippen LogP contribution in [0.5, 0.6) is 0 Å². The summed E-state index contributed by atoms with van der Waals surface area (Å²) in [6.45, 7) is 6.07. The Labute approximate surface area is 166 Å². The SMILES string of the molecule is CC(=O)c1ccc(S(=O)(=O)N2CCC(C(=O)c3ccc(C)c(C)c3)CC2)cc1. The van der Waals surface area contributed by atoms with Crippen LogP contribution in [0.3, 0.4) is 0 Å². The van der Waals surface area contributed by atoms with Crippen molar-refractivity contribution in [1.29, 1.82) is 0 Å². The summed E-state index contributed by atoms with van der Waals surface area (Å²) >= 11 is 0. The predicted octanol–water partition coefficient (Wildman–Crippen LogP) is 3.79. The summed E-state index contributed by atoms with van der Waals surface area (Å²) in [5, 5.41) is 0. The highest BCUT2D eigenvalue weighted by molar-refractivity contribution is 7.89. The van der Waals surface area contributed by atoms with Crippen molar-refractivity contribution < 1.29 is 18.0 Å². The summed E-state index contributed by atoms with van der Waals surface area (Å²) in [5.41, 5.74) is 3.41. The molecule has 148 valence electrons. The van der Waals surface area contributed by atoms with Gasteiger partial charge in [0.25, 0.3) is 0 Å². The Hall–Kier alpha value is -2.31. The lowest BCUT2D eigenvalue weighted by atomic mass is 9.88. The Morgan fingerprint density at radius 2 is 1.46 bits per heavy atom. The third-order valence-electron chi connectivity index (χ3n) is 5.51. The number of carbonyl (C=O) groups excluding carboxylic acids is 2. The number of benzene rings is 2. The third-order valence-corrected chi connectivity index (χ3v) is 7.43. The van der Waals surface area contributed by atoms with Crippen LogP contribution >= 0.6 is 0 Å². The summed E-state index contributed by atoms with van der Waals surface area (Å²) in [6.07, 6.45) is 1.02. The van der Waals surface area contributed by atoms with Gasteiger partial charge in [0.1, 0.15) is 0 Å². The van der Waals surface area contributed by atoms with Gasteiger partial charge in [0.15, 0.2) is 11.6 Å². The van der Waals surface area contributed by atoms with Gasteiger partial charge in [0.2, 0.25) is 10.0 Å². The highest BCUT2D eigenvalue weighted by Gasteiger charge is 2.32. The first-order valence-electron chi connectivity index (χ1n) is 9.43. The van der Waals surface area contributed by atoms with Crippen LogP contribution in [-0.4, -0.2) is 37.4 Å². The lowest BCUT2D eigenvalue weighted by Gasteiger charge is -2.30. The van der Waals surface area contributed by atoms with E-state index in [4.69, 9.17) is 0 Å². The van der Waals surface area contributed by atoms with Crippen LogP contribution in [0.15, 0.2) is 47.4 Å². The van der Waals surface area contributed by atoms with Gasteiger partial charge in [-0.3, -0.25) is 9.59 Å². The molecule has 0 unspecified atom stereocenters. The first-order chi connectivity index (χ1) is 13.2. The molecule has 2 aromatic carbocycles. The van der Waals surface area contributed by atoms with Gasteiger partial charge in [-0.2, -0.15) is 4.31 Å². The summed E-state index contributed by atoms with van der Waals surface area (Å²) < 4.78 is 27.1. The molecule has 0 bridgehead atoms. The molecule has 0 aromatic heterocycles. The van der Waals surface area contributed by atoms with Gasteiger partial charge in [-0.05, 0) is 62.9 Å². The molecule has 5 nitrogen and oxygen atoms in total. The van der Waals surface area contributed by atoms with E-state index in [0.717, 1.165) is 11.1 Å². The fourth-order valence-electron chi connectivity index (χ4n) is 3.50. The molecule has 1 aliphatic heterocycles. The number of piperidine rings is 1. The van der Waals surface area contributed by atoms with E-state index in [2.05, 4.69) is 0 Å². The zero-order valence-electron chi connectivity index (χ0n) is 16.4. The minimum Gasteiger partial charge on any atom is -0.295 e. The van der Waals surface area contributed by atoms with Crippen LogP contribution in [0.2, 0.25) is 0 Å². The molecule has 0 amide bonds. The van der Waals surface area contributed by atoms with E-state index in [0.29, 0.717) is 37.1 Å². The summed E-state index contributed by atoms with van der Waals surface area (Å²) in [7, 11) is -3.62. The topological polar surface area (TPSA) is 71.5 Å². The van der Waals surface area contributed by atoms with Crippen molar-refractivity contribution in [1.82, 2.24) is 4.31 Å². The number of hydrogen-bond donors (Lipinski definition) is 0. The van der Waals surface area contributed by atoms with Gasteiger partial charge >= 0.3 is 0 Å². The molecule has 0 spiro atoms. The molecule has 1 saturated heterocycles. The van der Waals surface area contributed by atoms with Crippen LogP contribution in [0, 0.1) is 19.8 Å². The molecule has 0 N–H and O–H groups in total. The summed E-state index contributed by atoms with van der Waals surface area (Å²) in [4.78, 5) is 24.3. The highest BCUT2D eigenvalue weighted by Crippen LogP contribution is 2.27. The van der Waals surface area contributed by atoms with Crippen molar-refractivity contribution in [2.45, 2.75) is 38.5 Å². The molecule has 3 rings (SSSR count). The molecule has 1 aliphatic rings. The van der Waals surface area contributed by atoms with E-state index < -0.39 is 10.0 Å². The second kappa shape index (κ2) is 7.97. The van der Waals surface area contributed by atoms with E-state index >= 15 is 0 Å². The first kappa shape index (κ1) is 20.4. The van der Waals surface area contributed by atoms with Gasteiger partial charge in [-0.15, -0.1) is 0 Å². The maximum absolute atomic E-state index is 12.9. The van der Waals surface area contributed by atoms with Crippen LogP contribution in [0.4, 0.5) is 0 Å². The van der Waals surface area contributed by atoms with Gasteiger partial charge in [-0.1, -0.05) is 24.3 Å². The van der Waals surface area contributed by atoms with Gasteiger partial charge in [0.05, 0.1) is 4.90 Å². The van der Waals surface area contributed by atoms with Crippen LogP contribution in [-0.2, 0) is 10.0 Å². The number of rotatable bonds is 5. The monoisotopic (exact) mass is 399 g/mol. The van der Waals surface area contributed by atoms with Crippen molar-refractivity contribution in [2.24, 2.45) is 5.92 Å². The molecule has 0 atom stereocenters. The summed E-state index contributed by atoms with van der Waals surface area (Å²) in [6, 6.07) is 11.7. The van der Waals surface area contributed by atoms with Crippen molar-refractivity contribution in [2.75, 3.05) is 13.1 Å². The Kier molecular flexibility index (Phi) is 5.82. The molecule has 0 aliphatic carbocycles. The van der Waals surface area contributed by atoms with Crippen molar-refractivity contribution in [3.63, 3.8) is 0 Å². The lowest BCUT2D eigenvalue weighted by Crippen LogP contribution is -2.40. The van der Waals surface area contributed by atoms with Crippen LogP contribution in [0.1, 0.15) is 51.6 Å². The van der Waals surface area contributed by atoms with Gasteiger partial charge < -0.3 is 0 Å². The number of aryl methyl sites for hydroxylation is 2. The molecular formula is C22H25NO4S. The van der Waals surface area contributed by atoms with E-state index in [1.165, 1.54) is 35.5 Å². The van der Waals surface area contributed by atoms with E-state index in [1.54, 1.807) is 0 Å². The third kappa shape index (κ3) is 4.08. The number of ketones is 2. The maximum atomic E-state index is 12.9. The molecule has 1 heterocycles. The number of Topliss-reactive ketones (excluding diaryl/α,β-unsaturated/α-hetero) is 2. The second-order valence-corrected chi connectivity index (χ2v) is 9.36. The number of sulfonamides is 1. The zero-order chi connectivity index (χ0) is 20.5. The Balaban J connectivity index is 1.69. The van der Waals surface area contributed by atoms with Crippen LogP contribution in [0.25, 0.3) is 0 Å². The largest absolute Gasteiger partial charge is 0.295 e. The standard InChI is InChI=1S/C22H25NO4S/c1-15-4-5-20(14-16(15)2)22(25)19-10-12-23(13-11-19)28(26,27)21-8-6-18(7-9-21)17(3)24/h4-9,14,19H,10-13H2,1-3H3. The average Bonchev–Trinajstić information content (AvgIpc) is 2.69. The fourth-order valence-corrected chi connectivity index (χ4v) is 4.97. The predicted molar refractivity (Wildman–Crippen MR) is 108 cm³/mol. The van der Waals surface area contributed by atoms with Gasteiger partial charge in [-0.25, -0.2) is 8.42 Å². The Morgan fingerprint density at radius 1 is 0.893 bits per heavy atom. The maximum Gasteiger partial charge on any atom is 0.243 e. The minimum atomic E-state index is -3.62. The quantitative estimate of drug-likeness (QED) is 0.717. The fraction of sp³-hybridized carbons (Fsp3) is 0.364. The smallest absolute Gasteiger partial charge is 0.243 e. The Bertz CT molecular complexity index is 1000. The number of hydrogen-bond acceptors (Lipinski definition) is 4. The summed E-state index contributed by atoms with van der Waals surface area (Å²) in [5.74, 6) is -0.172. The molecule has 2 aromatic rings. The number of nitrogens with zero attached hydrogens (tertiary/aromatic N) is 1. The first-order valence-corrected chi connectivity index (χ1v) is 10.9. The van der Waals surface area contributed by atoms with E-state index in [9.17, 15) is 18.0 Å². The normalized spacial score (nSPS) is 16.1. The van der Waals surface area contributed by atoms with Crippen molar-refractivity contribution in [3.05, 3.63) is 64.7 Å². The minimum absolute atomic E-state index is 0.0889. The van der Waals surface area contributed by atoms with Crippen LogP contribution < -0.4 is 0 Å². The molecular weight excluding hydrogens is 374 g/mol. The molecule has 0 radical (unpaired) electrons. The van der Waals surface area contributed by atoms with Crippen molar-refractivity contribution in [3.8, 4) is 0 Å². The molecule has 0 saturated carbocycles. The Morgan fingerprint density at radius 3 is 2.00 bits per heavy atom. The van der Waals surface area contributed by atoms with E-state index in [1.807, 2.05) is 32.0 Å². The van der Waals surface area contributed by atoms with E-state index in [-0.39, 0.29) is 22.4 Å². The molecule has 1 fully saturated rings. The highest BCUT2D eigenvalue weighted by atomic mass is 32.2.